The average Bonchev–Trinajstić information content (AvgIpc) is 3.53. The maximum atomic E-state index is 14.2. The number of amides is 2. The molecular formula is C32H35ClN2O4. The molecule has 2 bridgehead atoms. The van der Waals surface area contributed by atoms with Gasteiger partial charge in [-0.2, -0.15) is 0 Å². The number of ether oxygens (including phenoxy) is 1. The van der Waals surface area contributed by atoms with Crippen molar-refractivity contribution in [3.8, 4) is 0 Å². The van der Waals surface area contributed by atoms with Crippen molar-refractivity contribution in [2.45, 2.75) is 82.7 Å². The van der Waals surface area contributed by atoms with Crippen molar-refractivity contribution < 1.29 is 19.1 Å². The van der Waals surface area contributed by atoms with E-state index in [-0.39, 0.29) is 36.6 Å². The van der Waals surface area contributed by atoms with Gasteiger partial charge >= 0.3 is 0 Å². The first kappa shape index (κ1) is 26.3. The molecule has 7 heteroatoms. The van der Waals surface area contributed by atoms with Crippen LogP contribution < -0.4 is 5.32 Å². The van der Waals surface area contributed by atoms with Gasteiger partial charge in [0.2, 0.25) is 11.8 Å². The van der Waals surface area contributed by atoms with E-state index in [1.54, 1.807) is 17.0 Å². The molecule has 1 N–H and O–H groups in total. The topological polar surface area (TPSA) is 75.7 Å². The summed E-state index contributed by atoms with van der Waals surface area (Å²) in [5.41, 5.74) is 2.87. The van der Waals surface area contributed by atoms with E-state index in [1.807, 2.05) is 50.3 Å². The van der Waals surface area contributed by atoms with Gasteiger partial charge in [0.1, 0.15) is 17.4 Å². The molecule has 0 radical (unpaired) electrons. The molecule has 2 saturated heterocycles. The van der Waals surface area contributed by atoms with E-state index >= 15 is 0 Å². The lowest BCUT2D eigenvalue weighted by Gasteiger charge is -2.34. The van der Waals surface area contributed by atoms with E-state index in [0.29, 0.717) is 5.02 Å². The predicted molar refractivity (Wildman–Crippen MR) is 149 cm³/mol. The van der Waals surface area contributed by atoms with Crippen LogP contribution in [0.3, 0.4) is 0 Å². The van der Waals surface area contributed by atoms with Gasteiger partial charge in [-0.15, -0.1) is 0 Å². The van der Waals surface area contributed by atoms with Crippen molar-refractivity contribution in [3.63, 3.8) is 0 Å². The zero-order chi connectivity index (χ0) is 27.3. The molecule has 6 rings (SSSR count). The van der Waals surface area contributed by atoms with Gasteiger partial charge in [0.25, 0.3) is 0 Å². The third-order valence-electron chi connectivity index (χ3n) is 8.87. The summed E-state index contributed by atoms with van der Waals surface area (Å²) in [6.07, 6.45) is 8.74. The fraction of sp³-hybridized carbons (Fsp3) is 0.469. The summed E-state index contributed by atoms with van der Waals surface area (Å²) in [4.78, 5) is 43.6. The van der Waals surface area contributed by atoms with Crippen LogP contribution in [0.5, 0.6) is 0 Å². The van der Waals surface area contributed by atoms with Crippen LogP contribution in [-0.2, 0) is 32.1 Å². The Bertz CT molecular complexity index is 1310. The minimum absolute atomic E-state index is 0.0191. The zero-order valence-corrected chi connectivity index (χ0v) is 23.2. The van der Waals surface area contributed by atoms with Gasteiger partial charge in [-0.1, -0.05) is 84.5 Å². The molecule has 3 fully saturated rings. The molecule has 1 saturated carbocycles. The SMILES string of the molecule is Cc1cc(C)cc(CC(=O)C2C3C=CC4(O3)C2C(=O)N(Cc2ccc(Cl)cc2)C4C(=O)NC2CCCCC2)c1. The number of likely N-dealkylation sites (tertiary alicyclic amines) is 1. The summed E-state index contributed by atoms with van der Waals surface area (Å²) in [5, 5.41) is 3.85. The highest BCUT2D eigenvalue weighted by Gasteiger charge is 2.72. The second kappa shape index (κ2) is 10.2. The second-order valence-corrected chi connectivity index (χ2v) is 12.2. The molecule has 1 spiro atoms. The molecule has 3 heterocycles. The van der Waals surface area contributed by atoms with E-state index < -0.39 is 29.6 Å². The van der Waals surface area contributed by atoms with Crippen molar-refractivity contribution in [2.24, 2.45) is 11.8 Å². The number of rotatable bonds is 7. The standard InChI is InChI=1S/C32H35ClN2O4/c1-19-14-20(2)16-22(15-19)17-25(36)27-26-12-13-32(39-26)28(27)31(38)35(18-21-8-10-23(33)11-9-21)29(32)30(37)34-24-6-4-3-5-7-24/h8-16,24,26-29H,3-7,17-18H2,1-2H3,(H,34,37). The number of hydrogen-bond donors (Lipinski definition) is 1. The number of hydrogen-bond acceptors (Lipinski definition) is 4. The molecule has 5 atom stereocenters. The lowest BCUT2D eigenvalue weighted by Crippen LogP contribution is -2.56. The van der Waals surface area contributed by atoms with Gasteiger partial charge in [-0.05, 0) is 49.9 Å². The van der Waals surface area contributed by atoms with Crippen molar-refractivity contribution in [3.05, 3.63) is 81.9 Å². The Morgan fingerprint density at radius 2 is 1.72 bits per heavy atom. The van der Waals surface area contributed by atoms with Crippen LogP contribution in [0.2, 0.25) is 5.02 Å². The lowest BCUT2D eigenvalue weighted by molar-refractivity contribution is -0.142. The second-order valence-electron chi connectivity index (χ2n) is 11.8. The highest BCUT2D eigenvalue weighted by molar-refractivity contribution is 6.30. The number of Topliss-reactive ketones (excluding diaryl/α,β-unsaturated/α-hetero) is 1. The van der Waals surface area contributed by atoms with Crippen LogP contribution in [0.1, 0.15) is 54.4 Å². The first-order valence-corrected chi connectivity index (χ1v) is 14.5. The highest BCUT2D eigenvalue weighted by Crippen LogP contribution is 2.55. The number of carbonyl (C=O) groups is 3. The molecule has 1 aliphatic carbocycles. The molecule has 4 aliphatic rings. The lowest BCUT2D eigenvalue weighted by atomic mass is 9.72. The fourth-order valence-electron chi connectivity index (χ4n) is 7.31. The Labute approximate surface area is 234 Å². The number of carbonyl (C=O) groups excluding carboxylic acids is 3. The van der Waals surface area contributed by atoms with Crippen molar-refractivity contribution in [1.29, 1.82) is 0 Å². The van der Waals surface area contributed by atoms with Crippen LogP contribution in [-0.4, -0.2) is 46.3 Å². The maximum absolute atomic E-state index is 14.2. The summed E-state index contributed by atoms with van der Waals surface area (Å²) < 4.78 is 6.51. The van der Waals surface area contributed by atoms with Crippen molar-refractivity contribution in [1.82, 2.24) is 10.2 Å². The molecule has 2 amide bonds. The normalized spacial score (nSPS) is 29.6. The maximum Gasteiger partial charge on any atom is 0.246 e. The smallest absolute Gasteiger partial charge is 0.246 e. The Morgan fingerprint density at radius 1 is 1.03 bits per heavy atom. The van der Waals surface area contributed by atoms with E-state index in [0.717, 1.165) is 47.9 Å². The highest BCUT2D eigenvalue weighted by atomic mass is 35.5. The Hall–Kier alpha value is -2.96. The monoisotopic (exact) mass is 546 g/mol. The van der Waals surface area contributed by atoms with E-state index in [4.69, 9.17) is 16.3 Å². The van der Waals surface area contributed by atoms with Crippen LogP contribution in [0.15, 0.2) is 54.6 Å². The first-order valence-electron chi connectivity index (χ1n) is 14.1. The molecule has 204 valence electrons. The van der Waals surface area contributed by atoms with Crippen LogP contribution in [0.25, 0.3) is 0 Å². The van der Waals surface area contributed by atoms with Gasteiger partial charge in [-0.3, -0.25) is 14.4 Å². The molecule has 3 aliphatic heterocycles. The molecule has 0 aromatic heterocycles. The largest absolute Gasteiger partial charge is 0.359 e. The number of nitrogens with zero attached hydrogens (tertiary/aromatic N) is 1. The number of halogens is 1. The molecule has 2 aromatic carbocycles. The summed E-state index contributed by atoms with van der Waals surface area (Å²) in [6.45, 7) is 4.28. The fourth-order valence-corrected chi connectivity index (χ4v) is 7.44. The number of ketones is 1. The van der Waals surface area contributed by atoms with Crippen LogP contribution in [0.4, 0.5) is 0 Å². The third kappa shape index (κ3) is 4.72. The zero-order valence-electron chi connectivity index (χ0n) is 22.5. The average molecular weight is 547 g/mol. The van der Waals surface area contributed by atoms with E-state index in [2.05, 4.69) is 11.4 Å². The molecular weight excluding hydrogens is 512 g/mol. The molecule has 2 aromatic rings. The van der Waals surface area contributed by atoms with Crippen molar-refractivity contribution in [2.75, 3.05) is 0 Å². The van der Waals surface area contributed by atoms with Crippen molar-refractivity contribution >= 4 is 29.2 Å². The Kier molecular flexibility index (Phi) is 6.88. The predicted octanol–water partition coefficient (Wildman–Crippen LogP) is 4.87. The van der Waals surface area contributed by atoms with Gasteiger partial charge in [-0.25, -0.2) is 0 Å². The summed E-state index contributed by atoms with van der Waals surface area (Å²) in [7, 11) is 0. The third-order valence-corrected chi connectivity index (χ3v) is 9.12. The molecule has 39 heavy (non-hydrogen) atoms. The van der Waals surface area contributed by atoms with Crippen LogP contribution >= 0.6 is 11.6 Å². The quantitative estimate of drug-likeness (QED) is 0.503. The van der Waals surface area contributed by atoms with E-state index in [9.17, 15) is 14.4 Å². The Balaban J connectivity index is 1.32. The van der Waals surface area contributed by atoms with E-state index in [1.165, 1.54) is 6.42 Å². The molecule has 6 nitrogen and oxygen atoms in total. The van der Waals surface area contributed by atoms with Gasteiger partial charge in [0.05, 0.1) is 17.9 Å². The molecule has 5 unspecified atom stereocenters. The van der Waals surface area contributed by atoms with Gasteiger partial charge in [0, 0.05) is 24.0 Å². The number of fused-ring (bicyclic) bond motifs is 1. The summed E-state index contributed by atoms with van der Waals surface area (Å²) in [5.74, 6) is -1.75. The summed E-state index contributed by atoms with van der Waals surface area (Å²) >= 11 is 6.10. The van der Waals surface area contributed by atoms with Gasteiger partial charge < -0.3 is 15.0 Å². The first-order chi connectivity index (χ1) is 18.7. The van der Waals surface area contributed by atoms with Gasteiger partial charge in [0.15, 0.2) is 0 Å². The van der Waals surface area contributed by atoms with Crippen LogP contribution in [0, 0.1) is 25.7 Å². The minimum Gasteiger partial charge on any atom is -0.359 e. The Morgan fingerprint density at radius 3 is 2.41 bits per heavy atom. The number of aryl methyl sites for hydroxylation is 2. The summed E-state index contributed by atoms with van der Waals surface area (Å²) in [6, 6.07) is 12.7. The minimum atomic E-state index is -1.14. The number of benzene rings is 2. The number of nitrogens with one attached hydrogen (secondary N) is 1.